The van der Waals surface area contributed by atoms with Crippen LogP contribution < -0.4 is 0 Å². The molecule has 1 unspecified atom stereocenters. The normalized spacial score (nSPS) is 12.7. The largest absolute Gasteiger partial charge is 0.324 e. The zero-order valence-corrected chi connectivity index (χ0v) is 11.3. The summed E-state index contributed by atoms with van der Waals surface area (Å²) in [5.41, 5.74) is 0.511. The van der Waals surface area contributed by atoms with E-state index >= 15 is 0 Å². The van der Waals surface area contributed by atoms with E-state index in [0.717, 1.165) is 5.82 Å². The Morgan fingerprint density at radius 3 is 2.42 bits per heavy atom. The van der Waals surface area contributed by atoms with E-state index in [9.17, 15) is 9.18 Å². The van der Waals surface area contributed by atoms with Crippen LogP contribution >= 0.6 is 0 Å². The first-order valence-electron chi connectivity index (χ1n) is 6.33. The molecule has 0 spiro atoms. The number of hydrogen-bond donors (Lipinski definition) is 0. The van der Waals surface area contributed by atoms with Crippen molar-refractivity contribution in [3.8, 4) is 0 Å². The lowest BCUT2D eigenvalue weighted by Gasteiger charge is -2.17. The van der Waals surface area contributed by atoms with E-state index in [1.165, 1.54) is 24.3 Å². The minimum absolute atomic E-state index is 0.0418. The monoisotopic (exact) mass is 260 g/mol. The summed E-state index contributed by atoms with van der Waals surface area (Å²) in [4.78, 5) is 16.6. The Hall–Kier alpha value is -1.97. The third-order valence-corrected chi connectivity index (χ3v) is 3.14. The Morgan fingerprint density at radius 1 is 1.21 bits per heavy atom. The van der Waals surface area contributed by atoms with E-state index in [-0.39, 0.29) is 23.6 Å². The predicted molar refractivity (Wildman–Crippen MR) is 71.8 cm³/mol. The molecule has 0 aliphatic carbocycles. The van der Waals surface area contributed by atoms with Gasteiger partial charge in [-0.2, -0.15) is 0 Å². The highest BCUT2D eigenvalue weighted by molar-refractivity contribution is 5.98. The van der Waals surface area contributed by atoms with Crippen LogP contribution in [0.15, 0.2) is 36.7 Å². The molecule has 100 valence electrons. The lowest BCUT2D eigenvalue weighted by molar-refractivity contribution is 0.0933. The summed E-state index contributed by atoms with van der Waals surface area (Å²) in [6.45, 7) is 5.90. The molecular formula is C15H17FN2O. The average molecular weight is 260 g/mol. The fourth-order valence-electron chi connectivity index (χ4n) is 2.08. The third-order valence-electron chi connectivity index (χ3n) is 3.14. The molecule has 2 aromatic rings. The first-order valence-corrected chi connectivity index (χ1v) is 6.33. The molecule has 0 N–H and O–H groups in total. The fourth-order valence-corrected chi connectivity index (χ4v) is 2.08. The van der Waals surface area contributed by atoms with E-state index in [1.807, 2.05) is 25.3 Å². The van der Waals surface area contributed by atoms with E-state index < -0.39 is 0 Å². The van der Waals surface area contributed by atoms with Crippen LogP contribution in [0.3, 0.4) is 0 Å². The van der Waals surface area contributed by atoms with Crippen LogP contribution in [0.1, 0.15) is 48.9 Å². The van der Waals surface area contributed by atoms with Crippen molar-refractivity contribution < 1.29 is 9.18 Å². The summed E-state index contributed by atoms with van der Waals surface area (Å²) >= 11 is 0. The molecule has 1 atom stereocenters. The summed E-state index contributed by atoms with van der Waals surface area (Å²) in [5, 5.41) is 0. The van der Waals surface area contributed by atoms with E-state index in [2.05, 4.69) is 4.98 Å². The summed E-state index contributed by atoms with van der Waals surface area (Å²) < 4.78 is 14.7. The molecule has 1 aromatic carbocycles. The Kier molecular flexibility index (Phi) is 3.79. The molecular weight excluding hydrogens is 243 g/mol. The van der Waals surface area contributed by atoms with Crippen LogP contribution in [-0.2, 0) is 0 Å². The van der Waals surface area contributed by atoms with Crippen molar-refractivity contribution in [1.29, 1.82) is 0 Å². The molecule has 0 saturated heterocycles. The zero-order valence-electron chi connectivity index (χ0n) is 11.3. The number of benzene rings is 1. The summed E-state index contributed by atoms with van der Waals surface area (Å²) in [6.07, 6.45) is 3.51. The third kappa shape index (κ3) is 2.72. The molecule has 0 amide bonds. The van der Waals surface area contributed by atoms with Gasteiger partial charge in [0.2, 0.25) is 0 Å². The van der Waals surface area contributed by atoms with Crippen LogP contribution in [0.4, 0.5) is 4.39 Å². The molecule has 1 aromatic heterocycles. The molecule has 19 heavy (non-hydrogen) atoms. The maximum atomic E-state index is 12.9. The van der Waals surface area contributed by atoms with Crippen molar-refractivity contribution in [2.75, 3.05) is 0 Å². The van der Waals surface area contributed by atoms with Crippen LogP contribution in [0.25, 0.3) is 0 Å². The molecule has 1 heterocycles. The van der Waals surface area contributed by atoms with Crippen molar-refractivity contribution in [3.05, 3.63) is 53.9 Å². The fraction of sp³-hybridized carbons (Fsp3) is 0.333. The van der Waals surface area contributed by atoms with Gasteiger partial charge in [0, 0.05) is 23.9 Å². The zero-order chi connectivity index (χ0) is 14.0. The van der Waals surface area contributed by atoms with Gasteiger partial charge in [0.25, 0.3) is 0 Å². The molecule has 0 bridgehead atoms. The lowest BCUT2D eigenvalue weighted by Crippen LogP contribution is -2.19. The standard InChI is InChI=1S/C15H17FN2O/c1-10(2)15-17-8-9-18(15)11(3)14(19)12-4-6-13(16)7-5-12/h4-11H,1-3H3. The van der Waals surface area contributed by atoms with E-state index in [1.54, 1.807) is 12.4 Å². The maximum absolute atomic E-state index is 12.9. The second-order valence-electron chi connectivity index (χ2n) is 4.89. The molecule has 0 radical (unpaired) electrons. The van der Waals surface area contributed by atoms with E-state index in [4.69, 9.17) is 0 Å². The number of hydrogen-bond acceptors (Lipinski definition) is 2. The minimum Gasteiger partial charge on any atom is -0.324 e. The van der Waals surface area contributed by atoms with Crippen molar-refractivity contribution in [1.82, 2.24) is 9.55 Å². The van der Waals surface area contributed by atoms with Crippen LogP contribution in [0.2, 0.25) is 0 Å². The number of carbonyl (C=O) groups is 1. The molecule has 0 saturated carbocycles. The Bertz CT molecular complexity index is 572. The lowest BCUT2D eigenvalue weighted by atomic mass is 10.0. The van der Waals surface area contributed by atoms with Gasteiger partial charge in [-0.25, -0.2) is 9.37 Å². The number of rotatable bonds is 4. The smallest absolute Gasteiger partial charge is 0.185 e. The molecule has 2 rings (SSSR count). The van der Waals surface area contributed by atoms with E-state index in [0.29, 0.717) is 5.56 Å². The van der Waals surface area contributed by atoms with Gasteiger partial charge in [0.05, 0.1) is 6.04 Å². The van der Waals surface area contributed by atoms with Crippen molar-refractivity contribution in [2.24, 2.45) is 0 Å². The van der Waals surface area contributed by atoms with Gasteiger partial charge in [-0.05, 0) is 31.2 Å². The van der Waals surface area contributed by atoms with Gasteiger partial charge in [0.1, 0.15) is 11.6 Å². The molecule has 4 heteroatoms. The van der Waals surface area contributed by atoms with Crippen molar-refractivity contribution in [2.45, 2.75) is 32.7 Å². The number of carbonyl (C=O) groups excluding carboxylic acids is 1. The number of halogens is 1. The van der Waals surface area contributed by atoms with Gasteiger partial charge in [-0.3, -0.25) is 4.79 Å². The number of ketones is 1. The average Bonchev–Trinajstić information content (AvgIpc) is 2.87. The van der Waals surface area contributed by atoms with Crippen LogP contribution in [0, 0.1) is 5.82 Å². The number of Topliss-reactive ketones (excluding diaryl/α,β-unsaturated/α-hetero) is 1. The second kappa shape index (κ2) is 5.34. The molecule has 0 aliphatic heterocycles. The highest BCUT2D eigenvalue weighted by Gasteiger charge is 2.20. The van der Waals surface area contributed by atoms with Crippen LogP contribution in [0.5, 0.6) is 0 Å². The van der Waals surface area contributed by atoms with Crippen molar-refractivity contribution >= 4 is 5.78 Å². The SMILES string of the molecule is CC(C)c1nccn1C(C)C(=O)c1ccc(F)cc1. The number of aromatic nitrogens is 2. The van der Waals surface area contributed by atoms with Gasteiger partial charge in [-0.1, -0.05) is 13.8 Å². The highest BCUT2D eigenvalue weighted by atomic mass is 19.1. The second-order valence-corrected chi connectivity index (χ2v) is 4.89. The molecule has 0 aliphatic rings. The summed E-state index contributed by atoms with van der Waals surface area (Å²) in [5.74, 6) is 0.746. The minimum atomic E-state index is -0.342. The first-order chi connectivity index (χ1) is 9.00. The Balaban J connectivity index is 2.28. The Labute approximate surface area is 112 Å². The summed E-state index contributed by atoms with van der Waals surface area (Å²) in [6, 6.07) is 5.29. The van der Waals surface area contributed by atoms with Gasteiger partial charge < -0.3 is 4.57 Å². The summed E-state index contributed by atoms with van der Waals surface area (Å²) in [7, 11) is 0. The maximum Gasteiger partial charge on any atom is 0.185 e. The highest BCUT2D eigenvalue weighted by Crippen LogP contribution is 2.20. The van der Waals surface area contributed by atoms with Gasteiger partial charge >= 0.3 is 0 Å². The number of imidazole rings is 1. The topological polar surface area (TPSA) is 34.9 Å². The first kappa shape index (κ1) is 13.5. The molecule has 0 fully saturated rings. The number of nitrogens with zero attached hydrogens (tertiary/aromatic N) is 2. The Morgan fingerprint density at radius 2 is 1.84 bits per heavy atom. The van der Waals surface area contributed by atoms with Gasteiger partial charge in [0.15, 0.2) is 5.78 Å². The quantitative estimate of drug-likeness (QED) is 0.787. The molecule has 3 nitrogen and oxygen atoms in total. The predicted octanol–water partition coefficient (Wildman–Crippen LogP) is 3.59. The van der Waals surface area contributed by atoms with Gasteiger partial charge in [-0.15, -0.1) is 0 Å². The van der Waals surface area contributed by atoms with Crippen LogP contribution in [-0.4, -0.2) is 15.3 Å². The van der Waals surface area contributed by atoms with Crippen molar-refractivity contribution in [3.63, 3.8) is 0 Å².